The number of likely N-dealkylation sites (N-methyl/N-ethyl adjacent to an activating group) is 1. The fourth-order valence-corrected chi connectivity index (χ4v) is 3.81. The van der Waals surface area contributed by atoms with Crippen molar-refractivity contribution in [1.82, 2.24) is 20.4 Å². The second kappa shape index (κ2) is 9.74. The second-order valence-electron chi connectivity index (χ2n) is 7.04. The molecule has 1 amide bonds. The maximum absolute atomic E-state index is 12.5. The second-order valence-corrected chi connectivity index (χ2v) is 7.04. The Morgan fingerprint density at radius 1 is 1.23 bits per heavy atom. The van der Waals surface area contributed by atoms with Crippen LogP contribution >= 0.6 is 12.4 Å². The lowest BCUT2D eigenvalue weighted by Gasteiger charge is -2.29. The molecule has 6 heteroatoms. The lowest BCUT2D eigenvalue weighted by atomic mass is 9.78. The Kier molecular flexibility index (Phi) is 7.66. The van der Waals surface area contributed by atoms with E-state index in [4.69, 9.17) is 0 Å². The Balaban J connectivity index is 0.00000243. The summed E-state index contributed by atoms with van der Waals surface area (Å²) in [4.78, 5) is 12.5. The fourth-order valence-electron chi connectivity index (χ4n) is 3.81. The molecule has 2 N–H and O–H groups in total. The molecule has 0 saturated heterocycles. The summed E-state index contributed by atoms with van der Waals surface area (Å²) in [5, 5.41) is 10.4. The maximum atomic E-state index is 12.5. The molecule has 1 aromatic heterocycles. The zero-order valence-corrected chi connectivity index (χ0v) is 16.3. The van der Waals surface area contributed by atoms with Crippen LogP contribution in [0.1, 0.15) is 48.8 Å². The van der Waals surface area contributed by atoms with E-state index in [0.29, 0.717) is 11.8 Å². The van der Waals surface area contributed by atoms with Gasteiger partial charge in [0.1, 0.15) is 6.04 Å². The number of halogens is 1. The summed E-state index contributed by atoms with van der Waals surface area (Å²) in [5.41, 5.74) is 2.35. The minimum absolute atomic E-state index is 0. The zero-order valence-electron chi connectivity index (χ0n) is 15.5. The van der Waals surface area contributed by atoms with Gasteiger partial charge in [-0.25, -0.2) is 0 Å². The monoisotopic (exact) mass is 376 g/mol. The predicted octanol–water partition coefficient (Wildman–Crippen LogP) is 3.19. The third-order valence-electron chi connectivity index (χ3n) is 5.29. The van der Waals surface area contributed by atoms with Crippen LogP contribution in [0.25, 0.3) is 0 Å². The first-order chi connectivity index (χ1) is 12.2. The van der Waals surface area contributed by atoms with E-state index in [-0.39, 0.29) is 24.4 Å². The predicted molar refractivity (Wildman–Crippen MR) is 106 cm³/mol. The van der Waals surface area contributed by atoms with Crippen molar-refractivity contribution < 1.29 is 4.79 Å². The number of carbonyl (C=O) groups is 1. The van der Waals surface area contributed by atoms with E-state index in [1.54, 1.807) is 10.9 Å². The molecule has 1 heterocycles. The molecule has 0 bridgehead atoms. The van der Waals surface area contributed by atoms with Gasteiger partial charge >= 0.3 is 0 Å². The van der Waals surface area contributed by atoms with Crippen LogP contribution in [-0.4, -0.2) is 29.3 Å². The molecule has 1 aliphatic rings. The Labute approximate surface area is 162 Å². The average molecular weight is 377 g/mol. The fraction of sp³-hybridized carbons (Fsp3) is 0.500. The van der Waals surface area contributed by atoms with Gasteiger partial charge in [0.15, 0.2) is 0 Å². The molecule has 1 aliphatic carbocycles. The molecule has 1 fully saturated rings. The standard InChI is InChI=1S/C20H28N4O.ClH/c1-21-19(18-13-23-24(2)14-18)20(25)22-12-15-8-10-17(11-9-15)16-6-4-3-5-7-16;/h3-7,13-15,17,19,21H,8-12H2,1-2H3,(H,22,25);1H. The van der Waals surface area contributed by atoms with E-state index in [1.807, 2.05) is 20.3 Å². The summed E-state index contributed by atoms with van der Waals surface area (Å²) < 4.78 is 1.72. The van der Waals surface area contributed by atoms with Gasteiger partial charge in [0.2, 0.25) is 5.91 Å². The number of aromatic nitrogens is 2. The van der Waals surface area contributed by atoms with Gasteiger partial charge in [0.05, 0.1) is 6.20 Å². The first-order valence-corrected chi connectivity index (χ1v) is 9.16. The Hall–Kier alpha value is -1.85. The number of hydrogen-bond donors (Lipinski definition) is 2. The van der Waals surface area contributed by atoms with Crippen LogP contribution in [0.3, 0.4) is 0 Å². The first-order valence-electron chi connectivity index (χ1n) is 9.16. The molecule has 1 saturated carbocycles. The third-order valence-corrected chi connectivity index (χ3v) is 5.29. The number of carbonyl (C=O) groups excluding carboxylic acids is 1. The van der Waals surface area contributed by atoms with Crippen molar-refractivity contribution in [2.45, 2.75) is 37.6 Å². The van der Waals surface area contributed by atoms with Crippen molar-refractivity contribution in [3.8, 4) is 0 Å². The van der Waals surface area contributed by atoms with Gasteiger partial charge in [-0.2, -0.15) is 5.10 Å². The van der Waals surface area contributed by atoms with E-state index < -0.39 is 0 Å². The topological polar surface area (TPSA) is 59.0 Å². The van der Waals surface area contributed by atoms with Crippen LogP contribution in [0.4, 0.5) is 0 Å². The van der Waals surface area contributed by atoms with Crippen LogP contribution < -0.4 is 10.6 Å². The maximum Gasteiger partial charge on any atom is 0.241 e. The number of benzene rings is 1. The molecule has 0 radical (unpaired) electrons. The highest BCUT2D eigenvalue weighted by Gasteiger charge is 2.24. The summed E-state index contributed by atoms with van der Waals surface area (Å²) >= 11 is 0. The van der Waals surface area contributed by atoms with Crippen molar-refractivity contribution >= 4 is 18.3 Å². The summed E-state index contributed by atoms with van der Waals surface area (Å²) in [5.74, 6) is 1.28. The summed E-state index contributed by atoms with van der Waals surface area (Å²) in [6.45, 7) is 0.763. The molecular formula is C20H29ClN4O. The number of aryl methyl sites for hydroxylation is 1. The molecule has 1 aromatic carbocycles. The molecular weight excluding hydrogens is 348 g/mol. The van der Waals surface area contributed by atoms with E-state index in [1.165, 1.54) is 31.2 Å². The number of hydrogen-bond acceptors (Lipinski definition) is 3. The molecule has 0 spiro atoms. The van der Waals surface area contributed by atoms with E-state index >= 15 is 0 Å². The summed E-state index contributed by atoms with van der Waals surface area (Å²) in [7, 11) is 3.67. The van der Waals surface area contributed by atoms with Crippen LogP contribution in [0, 0.1) is 5.92 Å². The highest BCUT2D eigenvalue weighted by atomic mass is 35.5. The van der Waals surface area contributed by atoms with Gasteiger partial charge in [-0.05, 0) is 50.1 Å². The van der Waals surface area contributed by atoms with Gasteiger partial charge in [-0.15, -0.1) is 12.4 Å². The highest BCUT2D eigenvalue weighted by molar-refractivity contribution is 5.85. The quantitative estimate of drug-likeness (QED) is 0.813. The third kappa shape index (κ3) is 5.08. The molecule has 2 aromatic rings. The number of nitrogens with one attached hydrogen (secondary N) is 2. The van der Waals surface area contributed by atoms with Crippen LogP contribution in [0.15, 0.2) is 42.7 Å². The summed E-state index contributed by atoms with van der Waals surface area (Å²) in [6, 6.07) is 10.5. The van der Waals surface area contributed by atoms with E-state index in [0.717, 1.165) is 12.1 Å². The highest BCUT2D eigenvalue weighted by Crippen LogP contribution is 2.35. The smallest absolute Gasteiger partial charge is 0.241 e. The van der Waals surface area contributed by atoms with Crippen LogP contribution in [-0.2, 0) is 11.8 Å². The van der Waals surface area contributed by atoms with Gasteiger partial charge in [-0.3, -0.25) is 9.48 Å². The normalized spacial score (nSPS) is 20.8. The first kappa shape index (κ1) is 20.5. The molecule has 142 valence electrons. The average Bonchev–Trinajstić information content (AvgIpc) is 3.08. The molecule has 5 nitrogen and oxygen atoms in total. The lowest BCUT2D eigenvalue weighted by molar-refractivity contribution is -0.123. The van der Waals surface area contributed by atoms with Gasteiger partial charge in [0, 0.05) is 25.4 Å². The van der Waals surface area contributed by atoms with Gasteiger partial charge in [-0.1, -0.05) is 30.3 Å². The number of nitrogens with zero attached hydrogens (tertiary/aromatic N) is 2. The number of amides is 1. The summed E-state index contributed by atoms with van der Waals surface area (Å²) in [6.07, 6.45) is 8.40. The minimum Gasteiger partial charge on any atom is -0.354 e. The van der Waals surface area contributed by atoms with Crippen molar-refractivity contribution in [2.75, 3.05) is 13.6 Å². The number of rotatable bonds is 6. The van der Waals surface area contributed by atoms with Crippen LogP contribution in [0.2, 0.25) is 0 Å². The van der Waals surface area contributed by atoms with Crippen molar-refractivity contribution in [1.29, 1.82) is 0 Å². The Morgan fingerprint density at radius 3 is 2.50 bits per heavy atom. The molecule has 26 heavy (non-hydrogen) atoms. The zero-order chi connectivity index (χ0) is 17.6. The molecule has 3 rings (SSSR count). The van der Waals surface area contributed by atoms with E-state index in [9.17, 15) is 4.79 Å². The lowest BCUT2D eigenvalue weighted by Crippen LogP contribution is -2.38. The van der Waals surface area contributed by atoms with Crippen molar-refractivity contribution in [3.63, 3.8) is 0 Å². The Bertz CT molecular complexity index is 680. The minimum atomic E-state index is -0.339. The SMILES string of the molecule is CNC(C(=O)NCC1CCC(c2ccccc2)CC1)c1cnn(C)c1.Cl. The van der Waals surface area contributed by atoms with Crippen molar-refractivity contribution in [3.05, 3.63) is 53.9 Å². The van der Waals surface area contributed by atoms with E-state index in [2.05, 4.69) is 46.1 Å². The molecule has 1 atom stereocenters. The van der Waals surface area contributed by atoms with Crippen molar-refractivity contribution in [2.24, 2.45) is 13.0 Å². The molecule has 0 aliphatic heterocycles. The van der Waals surface area contributed by atoms with Gasteiger partial charge < -0.3 is 10.6 Å². The van der Waals surface area contributed by atoms with Gasteiger partial charge in [0.25, 0.3) is 0 Å². The Morgan fingerprint density at radius 2 is 1.92 bits per heavy atom. The largest absolute Gasteiger partial charge is 0.354 e. The van der Waals surface area contributed by atoms with Crippen LogP contribution in [0.5, 0.6) is 0 Å². The molecule has 1 unspecified atom stereocenters.